The number of aryl methyl sites for hydroxylation is 1. The molecule has 12 heteroatoms. The van der Waals surface area contributed by atoms with Gasteiger partial charge >= 0.3 is 24.3 Å². The number of amides is 1. The van der Waals surface area contributed by atoms with Gasteiger partial charge in [-0.05, 0) is 19.1 Å². The maximum Gasteiger partial charge on any atom is 0.527 e. The van der Waals surface area contributed by atoms with Gasteiger partial charge in [0.05, 0.1) is 0 Å². The first-order valence-electron chi connectivity index (χ1n) is 5.62. The summed E-state index contributed by atoms with van der Waals surface area (Å²) in [6, 6.07) is 1.94. The van der Waals surface area contributed by atoms with E-state index in [0.29, 0.717) is 7.05 Å². The van der Waals surface area contributed by atoms with Gasteiger partial charge in [-0.15, -0.1) is 13.2 Å². The van der Waals surface area contributed by atoms with Crippen molar-refractivity contribution in [1.82, 2.24) is 4.98 Å². The SMILES string of the molecule is Cc1cc(N(C)C(=O)C(F)(F)C(F)(F)OC(F)(F)F)cc(Cl)n1. The molecule has 1 heterocycles. The van der Waals surface area contributed by atoms with Crippen molar-refractivity contribution in [1.29, 1.82) is 0 Å². The summed E-state index contributed by atoms with van der Waals surface area (Å²) in [5, 5.41) is -0.235. The molecule has 23 heavy (non-hydrogen) atoms. The summed E-state index contributed by atoms with van der Waals surface area (Å²) >= 11 is 5.53. The fraction of sp³-hybridized carbons (Fsp3) is 0.455. The molecule has 0 saturated carbocycles. The highest BCUT2D eigenvalue weighted by molar-refractivity contribution is 6.29. The van der Waals surface area contributed by atoms with E-state index >= 15 is 0 Å². The topological polar surface area (TPSA) is 42.4 Å². The van der Waals surface area contributed by atoms with E-state index in [1.54, 1.807) is 0 Å². The molecule has 4 nitrogen and oxygen atoms in total. The third-order valence-corrected chi connectivity index (χ3v) is 2.67. The first-order chi connectivity index (χ1) is 10.2. The average Bonchev–Trinajstić information content (AvgIpc) is 2.32. The van der Waals surface area contributed by atoms with E-state index in [9.17, 15) is 35.5 Å². The van der Waals surface area contributed by atoms with Crippen molar-refractivity contribution in [3.8, 4) is 0 Å². The molecule has 0 atom stereocenters. The number of anilines is 1. The molecule has 1 rings (SSSR count). The van der Waals surface area contributed by atoms with Crippen molar-refractivity contribution in [3.63, 3.8) is 0 Å². The minimum atomic E-state index is -6.09. The predicted octanol–water partition coefficient (Wildman–Crippen LogP) is 3.77. The maximum absolute atomic E-state index is 13.4. The molecule has 0 aliphatic heterocycles. The number of ether oxygens (including phenoxy) is 1. The highest BCUT2D eigenvalue weighted by atomic mass is 35.5. The molecule has 1 aromatic heterocycles. The molecular formula is C11H8ClF7N2O2. The summed E-state index contributed by atoms with van der Waals surface area (Å²) in [7, 11) is 0.658. The van der Waals surface area contributed by atoms with Crippen LogP contribution in [-0.4, -0.2) is 36.3 Å². The third-order valence-electron chi connectivity index (χ3n) is 2.48. The number of hydrogen-bond acceptors (Lipinski definition) is 3. The molecule has 0 spiro atoms. The Hall–Kier alpha value is -1.62. The summed E-state index contributed by atoms with van der Waals surface area (Å²) in [6.45, 7) is 1.37. The van der Waals surface area contributed by atoms with Crippen molar-refractivity contribution in [2.24, 2.45) is 0 Å². The van der Waals surface area contributed by atoms with Crippen LogP contribution in [0.4, 0.5) is 36.4 Å². The monoisotopic (exact) mass is 368 g/mol. The van der Waals surface area contributed by atoms with Gasteiger partial charge in [-0.25, -0.2) is 9.72 Å². The van der Waals surface area contributed by atoms with Crippen LogP contribution >= 0.6 is 11.6 Å². The van der Waals surface area contributed by atoms with E-state index in [4.69, 9.17) is 11.6 Å². The molecule has 130 valence electrons. The van der Waals surface area contributed by atoms with E-state index in [1.165, 1.54) is 6.92 Å². The van der Waals surface area contributed by atoms with Crippen molar-refractivity contribution >= 4 is 23.2 Å². The van der Waals surface area contributed by atoms with Crippen LogP contribution < -0.4 is 4.90 Å². The van der Waals surface area contributed by atoms with Gasteiger partial charge < -0.3 is 4.90 Å². The number of rotatable bonds is 4. The van der Waals surface area contributed by atoms with E-state index in [-0.39, 0.29) is 21.4 Å². The van der Waals surface area contributed by atoms with Crippen LogP contribution in [0.5, 0.6) is 0 Å². The van der Waals surface area contributed by atoms with Crippen LogP contribution in [0.2, 0.25) is 5.15 Å². The van der Waals surface area contributed by atoms with Crippen LogP contribution in [0.15, 0.2) is 12.1 Å². The van der Waals surface area contributed by atoms with Crippen molar-refractivity contribution < 1.29 is 40.3 Å². The minimum absolute atomic E-state index is 0.0220. The zero-order valence-electron chi connectivity index (χ0n) is 11.4. The van der Waals surface area contributed by atoms with Gasteiger partial charge in [0.15, 0.2) is 0 Å². The maximum atomic E-state index is 13.4. The first-order valence-corrected chi connectivity index (χ1v) is 6.00. The van der Waals surface area contributed by atoms with E-state index < -0.39 is 24.3 Å². The molecule has 0 unspecified atom stereocenters. The third kappa shape index (κ3) is 4.44. The van der Waals surface area contributed by atoms with Crippen LogP contribution in [0.3, 0.4) is 0 Å². The fourth-order valence-electron chi connectivity index (χ4n) is 1.47. The lowest BCUT2D eigenvalue weighted by Gasteiger charge is -2.29. The molecule has 0 saturated heterocycles. The van der Waals surface area contributed by atoms with Gasteiger partial charge in [0.2, 0.25) is 0 Å². The molecule has 1 amide bonds. The fourth-order valence-corrected chi connectivity index (χ4v) is 1.71. The Bertz CT molecular complexity index is 586. The van der Waals surface area contributed by atoms with Gasteiger partial charge in [0, 0.05) is 18.4 Å². The number of halogens is 8. The second-order valence-corrected chi connectivity index (χ2v) is 4.68. The lowest BCUT2D eigenvalue weighted by molar-refractivity contribution is -0.457. The van der Waals surface area contributed by atoms with Gasteiger partial charge in [0.25, 0.3) is 0 Å². The van der Waals surface area contributed by atoms with Crippen LogP contribution in [0.25, 0.3) is 0 Å². The first kappa shape index (κ1) is 19.4. The smallest absolute Gasteiger partial charge is 0.310 e. The van der Waals surface area contributed by atoms with Gasteiger partial charge in [-0.2, -0.15) is 17.6 Å². The summed E-state index contributed by atoms with van der Waals surface area (Å²) in [6.07, 6.45) is -12.2. The van der Waals surface area contributed by atoms with Crippen molar-refractivity contribution in [2.75, 3.05) is 11.9 Å². The van der Waals surface area contributed by atoms with Crippen LogP contribution in [-0.2, 0) is 9.53 Å². The van der Waals surface area contributed by atoms with Crippen LogP contribution in [0, 0.1) is 6.92 Å². The Kier molecular flexibility index (Phi) is 5.16. The summed E-state index contributed by atoms with van der Waals surface area (Å²) < 4.78 is 90.3. The number of pyridine rings is 1. The Morgan fingerprint density at radius 3 is 2.13 bits per heavy atom. The van der Waals surface area contributed by atoms with E-state index in [1.807, 2.05) is 0 Å². The Morgan fingerprint density at radius 1 is 1.17 bits per heavy atom. The predicted molar refractivity (Wildman–Crippen MR) is 64.4 cm³/mol. The normalized spacial score (nSPS) is 13.1. The molecule has 0 N–H and O–H groups in total. The number of carbonyl (C=O) groups is 1. The second kappa shape index (κ2) is 6.11. The van der Waals surface area contributed by atoms with Gasteiger partial charge in [0.1, 0.15) is 5.15 Å². The molecule has 1 aromatic rings. The highest BCUT2D eigenvalue weighted by Crippen LogP contribution is 2.41. The van der Waals surface area contributed by atoms with Crippen molar-refractivity contribution in [2.45, 2.75) is 25.3 Å². The summed E-state index contributed by atoms with van der Waals surface area (Å²) in [5.74, 6) is -8.39. The minimum Gasteiger partial charge on any atom is -0.310 e. The Balaban J connectivity index is 3.14. The number of nitrogens with zero attached hydrogens (tertiary/aromatic N) is 2. The number of carbonyl (C=O) groups excluding carboxylic acids is 1. The Labute approximate surface area is 129 Å². The second-order valence-electron chi connectivity index (χ2n) is 4.29. The van der Waals surface area contributed by atoms with E-state index in [0.717, 1.165) is 12.1 Å². The molecule has 0 radical (unpaired) electrons. The molecule has 0 bridgehead atoms. The molecule has 0 aromatic carbocycles. The molecule has 0 aliphatic rings. The number of hydrogen-bond donors (Lipinski definition) is 0. The zero-order valence-corrected chi connectivity index (χ0v) is 12.1. The standard InChI is InChI=1S/C11H8ClF7N2O2/c1-5-3-6(4-7(12)20-5)21(2)8(22)9(13,14)10(15,16)23-11(17,18)19/h3-4H,1-2H3. The summed E-state index contributed by atoms with van der Waals surface area (Å²) in [5.41, 5.74) is -0.205. The molecule has 0 aliphatic carbocycles. The quantitative estimate of drug-likeness (QED) is 0.600. The average molecular weight is 369 g/mol. The Morgan fingerprint density at radius 2 is 1.70 bits per heavy atom. The largest absolute Gasteiger partial charge is 0.527 e. The lowest BCUT2D eigenvalue weighted by atomic mass is 10.2. The molecule has 0 fully saturated rings. The van der Waals surface area contributed by atoms with Gasteiger partial charge in [-0.1, -0.05) is 11.6 Å². The van der Waals surface area contributed by atoms with Gasteiger partial charge in [-0.3, -0.25) is 4.79 Å². The summed E-state index contributed by atoms with van der Waals surface area (Å²) in [4.78, 5) is 15.2. The van der Waals surface area contributed by atoms with E-state index in [2.05, 4.69) is 9.72 Å². The number of alkyl halides is 7. The number of aromatic nitrogens is 1. The van der Waals surface area contributed by atoms with Crippen molar-refractivity contribution in [3.05, 3.63) is 23.0 Å². The zero-order chi connectivity index (χ0) is 18.2. The van der Waals surface area contributed by atoms with Crippen LogP contribution in [0.1, 0.15) is 5.69 Å². The lowest BCUT2D eigenvalue weighted by Crippen LogP contribution is -2.56. The highest BCUT2D eigenvalue weighted by Gasteiger charge is 2.68. The molecular weight excluding hydrogens is 361 g/mol.